The number of carbonyl (C=O) groups is 1. The van der Waals surface area contributed by atoms with Crippen LogP contribution >= 0.6 is 0 Å². The molecule has 0 fully saturated rings. The standard InChI is InChI=1S/C21H28O3/c1-19(2,3)16-12-21(23,13-17(18(16)22)20(4,5)6)14-8-10-15(24-7)11-9-14/h8-13,23H,1-7H3. The summed E-state index contributed by atoms with van der Waals surface area (Å²) in [5.74, 6) is 0.752. The van der Waals surface area contributed by atoms with Crippen LogP contribution in [0.4, 0.5) is 0 Å². The molecule has 0 spiro atoms. The van der Waals surface area contributed by atoms with Gasteiger partial charge >= 0.3 is 0 Å². The van der Waals surface area contributed by atoms with Crippen LogP contribution in [-0.4, -0.2) is 18.0 Å². The van der Waals surface area contributed by atoms with Gasteiger partial charge in [-0.1, -0.05) is 53.7 Å². The van der Waals surface area contributed by atoms with Crippen molar-refractivity contribution in [2.24, 2.45) is 10.8 Å². The van der Waals surface area contributed by atoms with E-state index in [1.165, 1.54) is 0 Å². The topological polar surface area (TPSA) is 46.5 Å². The monoisotopic (exact) mass is 328 g/mol. The van der Waals surface area contributed by atoms with Crippen molar-refractivity contribution in [1.29, 1.82) is 0 Å². The van der Waals surface area contributed by atoms with Crippen molar-refractivity contribution in [2.45, 2.75) is 47.1 Å². The first kappa shape index (κ1) is 18.5. The molecule has 130 valence electrons. The molecule has 1 N–H and O–H groups in total. The van der Waals surface area contributed by atoms with E-state index in [1.54, 1.807) is 19.3 Å². The fourth-order valence-electron chi connectivity index (χ4n) is 2.90. The van der Waals surface area contributed by atoms with E-state index >= 15 is 0 Å². The van der Waals surface area contributed by atoms with Crippen LogP contribution in [-0.2, 0) is 10.4 Å². The van der Waals surface area contributed by atoms with E-state index < -0.39 is 5.60 Å². The Hall–Kier alpha value is -1.87. The van der Waals surface area contributed by atoms with Gasteiger partial charge in [-0.25, -0.2) is 0 Å². The van der Waals surface area contributed by atoms with Gasteiger partial charge in [0.25, 0.3) is 0 Å². The van der Waals surface area contributed by atoms with Gasteiger partial charge in [0, 0.05) is 11.1 Å². The number of methoxy groups -OCH3 is 1. The average Bonchev–Trinajstić information content (AvgIpc) is 2.47. The van der Waals surface area contributed by atoms with Crippen molar-refractivity contribution in [1.82, 2.24) is 0 Å². The number of ketones is 1. The van der Waals surface area contributed by atoms with Gasteiger partial charge < -0.3 is 9.84 Å². The normalized spacial score (nSPS) is 18.1. The highest BCUT2D eigenvalue weighted by Gasteiger charge is 2.40. The van der Waals surface area contributed by atoms with E-state index in [-0.39, 0.29) is 16.6 Å². The summed E-state index contributed by atoms with van der Waals surface area (Å²) in [7, 11) is 1.61. The fraction of sp³-hybridized carbons (Fsp3) is 0.476. The second-order valence-corrected chi connectivity index (χ2v) is 8.50. The van der Waals surface area contributed by atoms with E-state index in [2.05, 4.69) is 0 Å². The van der Waals surface area contributed by atoms with Crippen molar-refractivity contribution in [3.8, 4) is 5.75 Å². The molecular formula is C21H28O3. The predicted molar refractivity (Wildman–Crippen MR) is 97.0 cm³/mol. The molecule has 1 aromatic rings. The molecule has 0 aliphatic heterocycles. The summed E-state index contributed by atoms with van der Waals surface area (Å²) < 4.78 is 5.19. The van der Waals surface area contributed by atoms with Gasteiger partial charge in [-0.2, -0.15) is 0 Å². The van der Waals surface area contributed by atoms with Gasteiger partial charge in [0.2, 0.25) is 0 Å². The summed E-state index contributed by atoms with van der Waals surface area (Å²) in [5, 5.41) is 11.3. The molecule has 0 saturated heterocycles. The second kappa shape index (κ2) is 5.89. The van der Waals surface area contributed by atoms with Crippen LogP contribution in [0, 0.1) is 10.8 Å². The number of Topliss-reactive ketones (excluding diaryl/α,β-unsaturated/α-hetero) is 1. The minimum Gasteiger partial charge on any atom is -0.497 e. The molecule has 1 aromatic carbocycles. The highest BCUT2D eigenvalue weighted by Crippen LogP contribution is 2.43. The van der Waals surface area contributed by atoms with Gasteiger partial charge in [-0.15, -0.1) is 0 Å². The molecular weight excluding hydrogens is 300 g/mol. The molecule has 0 unspecified atom stereocenters. The molecule has 0 bridgehead atoms. The Morgan fingerprint density at radius 2 is 1.29 bits per heavy atom. The molecule has 1 aliphatic rings. The van der Waals surface area contributed by atoms with Crippen LogP contribution < -0.4 is 4.74 Å². The summed E-state index contributed by atoms with van der Waals surface area (Å²) >= 11 is 0. The molecule has 0 radical (unpaired) electrons. The maximum absolute atomic E-state index is 13.0. The van der Waals surface area contributed by atoms with Gasteiger partial charge in [-0.05, 0) is 40.7 Å². The Morgan fingerprint density at radius 3 is 1.62 bits per heavy atom. The van der Waals surface area contributed by atoms with Crippen LogP contribution in [0.5, 0.6) is 5.75 Å². The summed E-state index contributed by atoms with van der Waals surface area (Å²) in [6.45, 7) is 12.0. The molecule has 2 rings (SSSR count). The Morgan fingerprint density at radius 1 is 0.875 bits per heavy atom. The SMILES string of the molecule is COc1ccc(C2(O)C=C(C(C)(C)C)C(=O)C(C(C)(C)C)=C2)cc1. The highest BCUT2D eigenvalue weighted by atomic mass is 16.5. The quantitative estimate of drug-likeness (QED) is 0.874. The first-order valence-corrected chi connectivity index (χ1v) is 8.27. The Kier molecular flexibility index (Phi) is 4.53. The minimum atomic E-state index is -1.30. The molecule has 1 aliphatic carbocycles. The third-order valence-corrected chi connectivity index (χ3v) is 4.39. The lowest BCUT2D eigenvalue weighted by Gasteiger charge is -2.37. The molecule has 24 heavy (non-hydrogen) atoms. The fourth-order valence-corrected chi connectivity index (χ4v) is 2.90. The smallest absolute Gasteiger partial charge is 0.185 e. The summed E-state index contributed by atoms with van der Waals surface area (Å²) in [5.41, 5.74) is 0.0245. The Labute approximate surface area is 145 Å². The van der Waals surface area contributed by atoms with Crippen LogP contribution in [0.25, 0.3) is 0 Å². The van der Waals surface area contributed by atoms with E-state index in [0.717, 1.165) is 11.3 Å². The van der Waals surface area contributed by atoms with Crippen LogP contribution in [0.1, 0.15) is 47.1 Å². The van der Waals surface area contributed by atoms with Crippen LogP contribution in [0.15, 0.2) is 47.6 Å². The number of ether oxygens (including phenoxy) is 1. The van der Waals surface area contributed by atoms with Crippen molar-refractivity contribution in [3.63, 3.8) is 0 Å². The van der Waals surface area contributed by atoms with Gasteiger partial charge in [0.15, 0.2) is 5.78 Å². The van der Waals surface area contributed by atoms with Crippen molar-refractivity contribution in [2.75, 3.05) is 7.11 Å². The Balaban J connectivity index is 2.65. The van der Waals surface area contributed by atoms with Crippen molar-refractivity contribution < 1.29 is 14.6 Å². The molecule has 0 amide bonds. The molecule has 0 saturated carbocycles. The number of hydrogen-bond donors (Lipinski definition) is 1. The van der Waals surface area contributed by atoms with E-state index in [4.69, 9.17) is 4.74 Å². The zero-order chi connectivity index (χ0) is 18.3. The van der Waals surface area contributed by atoms with Crippen molar-refractivity contribution in [3.05, 3.63) is 53.1 Å². The van der Waals surface area contributed by atoms with Crippen LogP contribution in [0.2, 0.25) is 0 Å². The third kappa shape index (κ3) is 3.46. The first-order valence-electron chi connectivity index (χ1n) is 8.27. The number of rotatable bonds is 2. The predicted octanol–water partition coefficient (Wildman–Crippen LogP) is 4.41. The highest BCUT2D eigenvalue weighted by molar-refractivity contribution is 6.11. The zero-order valence-corrected chi connectivity index (χ0v) is 15.7. The molecule has 3 nitrogen and oxygen atoms in total. The molecule has 3 heteroatoms. The lowest BCUT2D eigenvalue weighted by atomic mass is 9.68. The third-order valence-electron chi connectivity index (χ3n) is 4.39. The van der Waals surface area contributed by atoms with Gasteiger partial charge in [0.1, 0.15) is 11.4 Å². The van der Waals surface area contributed by atoms with E-state index in [0.29, 0.717) is 11.1 Å². The zero-order valence-electron chi connectivity index (χ0n) is 15.7. The van der Waals surface area contributed by atoms with Crippen molar-refractivity contribution >= 4 is 5.78 Å². The lowest BCUT2D eigenvalue weighted by molar-refractivity contribution is -0.114. The van der Waals surface area contributed by atoms with E-state index in [1.807, 2.05) is 65.8 Å². The number of hydrogen-bond acceptors (Lipinski definition) is 3. The number of carbonyl (C=O) groups excluding carboxylic acids is 1. The molecule has 0 atom stereocenters. The number of benzene rings is 1. The maximum Gasteiger partial charge on any atom is 0.185 e. The average molecular weight is 328 g/mol. The summed E-state index contributed by atoms with van der Waals surface area (Å²) in [4.78, 5) is 13.0. The number of allylic oxidation sites excluding steroid dienone is 2. The lowest BCUT2D eigenvalue weighted by Crippen LogP contribution is -2.35. The van der Waals surface area contributed by atoms with Crippen LogP contribution in [0.3, 0.4) is 0 Å². The maximum atomic E-state index is 13.0. The second-order valence-electron chi connectivity index (χ2n) is 8.50. The number of aliphatic hydroxyl groups is 1. The summed E-state index contributed by atoms with van der Waals surface area (Å²) in [6, 6.07) is 7.31. The molecule has 0 heterocycles. The summed E-state index contributed by atoms with van der Waals surface area (Å²) in [6.07, 6.45) is 3.40. The van der Waals surface area contributed by atoms with Gasteiger partial charge in [0.05, 0.1) is 7.11 Å². The first-order chi connectivity index (χ1) is 10.9. The largest absolute Gasteiger partial charge is 0.497 e. The minimum absolute atomic E-state index is 0.0215. The Bertz CT molecular complexity index is 658. The van der Waals surface area contributed by atoms with E-state index in [9.17, 15) is 9.90 Å². The van der Waals surface area contributed by atoms with Gasteiger partial charge in [-0.3, -0.25) is 4.79 Å². The molecule has 0 aromatic heterocycles.